The van der Waals surface area contributed by atoms with Crippen LogP contribution in [0.25, 0.3) is 0 Å². The van der Waals surface area contributed by atoms with Crippen molar-refractivity contribution >= 4 is 6.02 Å². The van der Waals surface area contributed by atoms with Crippen molar-refractivity contribution in [2.75, 3.05) is 13.2 Å². The average molecular weight is 192 g/mol. The van der Waals surface area contributed by atoms with Crippen molar-refractivity contribution in [2.24, 2.45) is 10.7 Å². The maximum atomic E-state index is 5.06. The van der Waals surface area contributed by atoms with E-state index in [0.717, 1.165) is 6.54 Å². The Morgan fingerprint density at radius 3 is 1.86 bits per heavy atom. The molecule has 3 nitrogen and oxygen atoms in total. The molecule has 1 aliphatic heterocycles. The minimum absolute atomic E-state index is 0.329. The lowest BCUT2D eigenvalue weighted by atomic mass is 10.2. The van der Waals surface area contributed by atoms with Crippen LogP contribution in [0.3, 0.4) is 0 Å². The van der Waals surface area contributed by atoms with Gasteiger partial charge in [-0.1, -0.05) is 35.4 Å². The Hall–Kier alpha value is -1.51. The number of amidine groups is 1. The molecule has 0 radical (unpaired) electrons. The first-order valence-electron chi connectivity index (χ1n) is 4.64. The second-order valence-electron chi connectivity index (χ2n) is 3.22. The highest BCUT2D eigenvalue weighted by Crippen LogP contribution is 1.99. The van der Waals surface area contributed by atoms with Crippen LogP contribution in [-0.2, 0) is 4.74 Å². The van der Waals surface area contributed by atoms with Gasteiger partial charge in [-0.2, -0.15) is 0 Å². The number of hydrogen-bond donors (Lipinski definition) is 1. The molecule has 0 spiro atoms. The zero-order chi connectivity index (χ0) is 10.4. The van der Waals surface area contributed by atoms with Gasteiger partial charge in [0.05, 0.1) is 6.54 Å². The van der Waals surface area contributed by atoms with E-state index in [4.69, 9.17) is 5.73 Å². The fourth-order valence-electron chi connectivity index (χ4n) is 0.989. The molecule has 0 saturated carbocycles. The van der Waals surface area contributed by atoms with Crippen molar-refractivity contribution in [3.63, 3.8) is 0 Å². The number of benzene rings is 1. The van der Waals surface area contributed by atoms with E-state index in [-0.39, 0.29) is 0 Å². The van der Waals surface area contributed by atoms with Crippen molar-refractivity contribution in [1.29, 1.82) is 0 Å². The zero-order valence-corrected chi connectivity index (χ0v) is 8.66. The summed E-state index contributed by atoms with van der Waals surface area (Å²) in [6, 6.07) is 8.81. The Morgan fingerprint density at radius 1 is 1.14 bits per heavy atom. The summed E-state index contributed by atoms with van der Waals surface area (Å²) in [6.45, 7) is 5.58. The standard InChI is InChI=1S/C8H10.C3H6N2O/c1-7-3-5-8(2)6-4-7;4-3-5-1-2-6-3/h3-6H,1-2H3;1-2H2,(H2,4,5). The van der Waals surface area contributed by atoms with Crippen molar-refractivity contribution in [3.8, 4) is 0 Å². The molecule has 1 aromatic rings. The molecule has 0 bridgehead atoms. The first kappa shape index (κ1) is 10.6. The minimum Gasteiger partial charge on any atom is -0.463 e. The van der Waals surface area contributed by atoms with E-state index in [1.54, 1.807) is 0 Å². The lowest BCUT2D eigenvalue weighted by Gasteiger charge is -1.90. The monoisotopic (exact) mass is 192 g/mol. The first-order valence-corrected chi connectivity index (χ1v) is 4.64. The van der Waals surface area contributed by atoms with Gasteiger partial charge in [-0.05, 0) is 13.8 Å². The summed E-state index contributed by atoms with van der Waals surface area (Å²) in [5, 5.41) is 0. The van der Waals surface area contributed by atoms with Crippen LogP contribution in [0.5, 0.6) is 0 Å². The second-order valence-corrected chi connectivity index (χ2v) is 3.22. The molecule has 1 heterocycles. The van der Waals surface area contributed by atoms with Crippen molar-refractivity contribution < 1.29 is 4.74 Å². The van der Waals surface area contributed by atoms with Crippen LogP contribution in [-0.4, -0.2) is 19.2 Å². The molecule has 0 atom stereocenters. The van der Waals surface area contributed by atoms with Crippen LogP contribution in [0.1, 0.15) is 11.1 Å². The highest BCUT2D eigenvalue weighted by atomic mass is 16.5. The summed E-state index contributed by atoms with van der Waals surface area (Å²) in [4.78, 5) is 3.71. The predicted molar refractivity (Wildman–Crippen MR) is 58.4 cm³/mol. The second kappa shape index (κ2) is 5.27. The van der Waals surface area contributed by atoms with Crippen molar-refractivity contribution in [2.45, 2.75) is 13.8 Å². The molecule has 76 valence electrons. The van der Waals surface area contributed by atoms with E-state index in [2.05, 4.69) is 47.8 Å². The summed E-state index contributed by atoms with van der Waals surface area (Å²) in [6.07, 6.45) is 0. The molecular formula is C11H16N2O. The number of hydrogen-bond acceptors (Lipinski definition) is 3. The quantitative estimate of drug-likeness (QED) is 0.679. The molecule has 2 rings (SSSR count). The van der Waals surface area contributed by atoms with Gasteiger partial charge in [0.15, 0.2) is 0 Å². The highest BCUT2D eigenvalue weighted by Gasteiger charge is 1.97. The molecule has 0 aromatic heterocycles. The third-order valence-electron chi connectivity index (χ3n) is 1.83. The van der Waals surface area contributed by atoms with E-state index < -0.39 is 0 Å². The summed E-state index contributed by atoms with van der Waals surface area (Å²) < 4.78 is 4.68. The van der Waals surface area contributed by atoms with E-state index in [1.807, 2.05) is 0 Å². The Kier molecular flexibility index (Phi) is 3.98. The molecule has 0 saturated heterocycles. The number of rotatable bonds is 0. The van der Waals surface area contributed by atoms with Crippen LogP contribution in [0.15, 0.2) is 29.3 Å². The van der Waals surface area contributed by atoms with Crippen LogP contribution >= 0.6 is 0 Å². The minimum atomic E-state index is 0.329. The third-order valence-corrected chi connectivity index (χ3v) is 1.83. The summed E-state index contributed by atoms with van der Waals surface area (Å²) in [5.41, 5.74) is 7.72. The van der Waals surface area contributed by atoms with E-state index in [9.17, 15) is 0 Å². The van der Waals surface area contributed by atoms with Crippen LogP contribution in [0, 0.1) is 13.8 Å². The van der Waals surface area contributed by atoms with Crippen LogP contribution in [0.2, 0.25) is 0 Å². The summed E-state index contributed by atoms with van der Waals surface area (Å²) >= 11 is 0. The summed E-state index contributed by atoms with van der Waals surface area (Å²) in [7, 11) is 0. The van der Waals surface area contributed by atoms with Gasteiger partial charge < -0.3 is 10.5 Å². The van der Waals surface area contributed by atoms with E-state index in [1.165, 1.54) is 11.1 Å². The van der Waals surface area contributed by atoms with Gasteiger partial charge in [0.2, 0.25) is 0 Å². The highest BCUT2D eigenvalue weighted by molar-refractivity contribution is 5.72. The fraction of sp³-hybridized carbons (Fsp3) is 0.364. The molecular weight excluding hydrogens is 176 g/mol. The molecule has 3 heteroatoms. The fourth-order valence-corrected chi connectivity index (χ4v) is 0.989. The first-order chi connectivity index (χ1) is 6.68. The third kappa shape index (κ3) is 3.94. The number of nitrogens with zero attached hydrogens (tertiary/aromatic N) is 1. The van der Waals surface area contributed by atoms with E-state index in [0.29, 0.717) is 12.6 Å². The smallest absolute Gasteiger partial charge is 0.282 e. The maximum absolute atomic E-state index is 5.06. The Labute approximate surface area is 84.6 Å². The molecule has 0 amide bonds. The molecule has 0 aliphatic carbocycles. The van der Waals surface area contributed by atoms with Gasteiger partial charge in [-0.15, -0.1) is 0 Å². The van der Waals surface area contributed by atoms with E-state index >= 15 is 0 Å². The Morgan fingerprint density at radius 2 is 1.64 bits per heavy atom. The van der Waals surface area contributed by atoms with Crippen molar-refractivity contribution in [1.82, 2.24) is 0 Å². The molecule has 1 aliphatic rings. The molecule has 14 heavy (non-hydrogen) atoms. The number of aryl methyl sites for hydroxylation is 2. The van der Waals surface area contributed by atoms with Crippen LogP contribution < -0.4 is 5.73 Å². The summed E-state index contributed by atoms with van der Waals surface area (Å²) in [5.74, 6) is 0. The SMILES string of the molecule is Cc1ccc(C)cc1.NC1=NCCO1. The lowest BCUT2D eigenvalue weighted by Crippen LogP contribution is -2.10. The number of ether oxygens (including phenoxy) is 1. The molecule has 0 unspecified atom stereocenters. The normalized spacial score (nSPS) is 13.7. The van der Waals surface area contributed by atoms with Gasteiger partial charge in [-0.3, -0.25) is 0 Å². The largest absolute Gasteiger partial charge is 0.463 e. The topological polar surface area (TPSA) is 47.6 Å². The zero-order valence-electron chi connectivity index (χ0n) is 8.66. The molecule has 1 aromatic carbocycles. The number of aliphatic imine (C=N–C) groups is 1. The molecule has 0 fully saturated rings. The molecule has 2 N–H and O–H groups in total. The van der Waals surface area contributed by atoms with Gasteiger partial charge in [-0.25, -0.2) is 4.99 Å². The van der Waals surface area contributed by atoms with Gasteiger partial charge in [0, 0.05) is 0 Å². The average Bonchev–Trinajstić information content (AvgIpc) is 2.63. The van der Waals surface area contributed by atoms with Gasteiger partial charge in [0.1, 0.15) is 6.61 Å². The predicted octanol–water partition coefficient (Wildman–Crippen LogP) is 1.63. The lowest BCUT2D eigenvalue weighted by molar-refractivity contribution is 0.342. The Bertz CT molecular complexity index is 283. The Balaban J connectivity index is 0.000000146. The van der Waals surface area contributed by atoms with Gasteiger partial charge >= 0.3 is 0 Å². The van der Waals surface area contributed by atoms with Crippen molar-refractivity contribution in [3.05, 3.63) is 35.4 Å². The number of nitrogens with two attached hydrogens (primary N) is 1. The maximum Gasteiger partial charge on any atom is 0.282 e. The van der Waals surface area contributed by atoms with Gasteiger partial charge in [0.25, 0.3) is 6.02 Å². The van der Waals surface area contributed by atoms with Crippen LogP contribution in [0.4, 0.5) is 0 Å².